The second kappa shape index (κ2) is 6.89. The molecule has 1 aromatic heterocycles. The van der Waals surface area contributed by atoms with Crippen LogP contribution in [0.2, 0.25) is 0 Å². The average Bonchev–Trinajstić information content (AvgIpc) is 3.07. The molecular weight excluding hydrogens is 270 g/mol. The molecule has 1 saturated carbocycles. The van der Waals surface area contributed by atoms with Gasteiger partial charge >= 0.3 is 0 Å². The molecule has 0 aliphatic heterocycles. The molecule has 1 aliphatic rings. The van der Waals surface area contributed by atoms with Gasteiger partial charge in [-0.25, -0.2) is 0 Å². The lowest BCUT2D eigenvalue weighted by Crippen LogP contribution is -2.27. The third kappa shape index (κ3) is 3.94. The molecule has 2 N–H and O–H groups in total. The van der Waals surface area contributed by atoms with E-state index in [0.29, 0.717) is 29.4 Å². The molecule has 1 fully saturated rings. The number of ketones is 1. The van der Waals surface area contributed by atoms with E-state index < -0.39 is 6.61 Å². The number of furan rings is 1. The van der Waals surface area contributed by atoms with Crippen molar-refractivity contribution in [3.05, 3.63) is 23.2 Å². The van der Waals surface area contributed by atoms with Gasteiger partial charge in [-0.2, -0.15) is 0 Å². The summed E-state index contributed by atoms with van der Waals surface area (Å²) in [7, 11) is 0. The van der Waals surface area contributed by atoms with Crippen molar-refractivity contribution in [2.75, 3.05) is 6.61 Å². The standard InChI is InChI=1S/C16H23NO4/c1-10(17-16(20)7-12-5-3-4-6-12)15-8-13(11(2)21-15)14(19)9-18/h8,10,12,18H,3-7,9H2,1-2H3,(H,17,20)/t10-/m0/s1. The lowest BCUT2D eigenvalue weighted by molar-refractivity contribution is -0.122. The predicted molar refractivity (Wildman–Crippen MR) is 78.0 cm³/mol. The van der Waals surface area contributed by atoms with Crippen LogP contribution in [-0.4, -0.2) is 23.4 Å². The monoisotopic (exact) mass is 293 g/mol. The fourth-order valence-electron chi connectivity index (χ4n) is 2.93. The molecule has 1 aliphatic carbocycles. The minimum absolute atomic E-state index is 0.0264. The summed E-state index contributed by atoms with van der Waals surface area (Å²) in [6.45, 7) is 2.97. The number of hydrogen-bond donors (Lipinski definition) is 2. The molecule has 1 atom stereocenters. The highest BCUT2D eigenvalue weighted by Crippen LogP contribution is 2.28. The molecule has 0 spiro atoms. The van der Waals surface area contributed by atoms with Crippen molar-refractivity contribution in [2.45, 2.75) is 52.0 Å². The van der Waals surface area contributed by atoms with Crippen LogP contribution in [0.1, 0.15) is 66.9 Å². The largest absolute Gasteiger partial charge is 0.463 e. The van der Waals surface area contributed by atoms with Gasteiger partial charge in [0.2, 0.25) is 5.91 Å². The van der Waals surface area contributed by atoms with Crippen LogP contribution in [0.4, 0.5) is 0 Å². The average molecular weight is 293 g/mol. The van der Waals surface area contributed by atoms with Gasteiger partial charge in [0.1, 0.15) is 18.1 Å². The van der Waals surface area contributed by atoms with Gasteiger partial charge < -0.3 is 14.8 Å². The quantitative estimate of drug-likeness (QED) is 0.790. The molecular formula is C16H23NO4. The molecule has 116 valence electrons. The Bertz CT molecular complexity index is 514. The molecule has 1 heterocycles. The number of Topliss-reactive ketones (excluding diaryl/α,β-unsaturated/α-hetero) is 1. The van der Waals surface area contributed by atoms with Crippen LogP contribution in [0.5, 0.6) is 0 Å². The normalized spacial score (nSPS) is 16.9. The van der Waals surface area contributed by atoms with Gasteiger partial charge in [-0.05, 0) is 38.7 Å². The number of aliphatic hydroxyl groups excluding tert-OH is 1. The van der Waals surface area contributed by atoms with Gasteiger partial charge in [-0.1, -0.05) is 12.8 Å². The summed E-state index contributed by atoms with van der Waals surface area (Å²) in [5.41, 5.74) is 0.379. The highest BCUT2D eigenvalue weighted by molar-refractivity contribution is 5.97. The Labute approximate surface area is 124 Å². The Morgan fingerprint density at radius 3 is 2.71 bits per heavy atom. The molecule has 0 aromatic carbocycles. The van der Waals surface area contributed by atoms with Gasteiger partial charge in [0.05, 0.1) is 11.6 Å². The summed E-state index contributed by atoms with van der Waals surface area (Å²) >= 11 is 0. The first-order chi connectivity index (χ1) is 10.0. The van der Waals surface area contributed by atoms with Crippen LogP contribution in [0.3, 0.4) is 0 Å². The van der Waals surface area contributed by atoms with E-state index in [2.05, 4.69) is 5.32 Å². The molecule has 0 unspecified atom stereocenters. The number of hydrogen-bond acceptors (Lipinski definition) is 4. The maximum absolute atomic E-state index is 12.0. The van der Waals surface area contributed by atoms with E-state index in [4.69, 9.17) is 9.52 Å². The van der Waals surface area contributed by atoms with Crippen molar-refractivity contribution < 1.29 is 19.1 Å². The summed E-state index contributed by atoms with van der Waals surface area (Å²) < 4.78 is 5.52. The number of nitrogens with one attached hydrogen (secondary N) is 1. The fourth-order valence-corrected chi connectivity index (χ4v) is 2.93. The Balaban J connectivity index is 1.94. The summed E-state index contributed by atoms with van der Waals surface area (Å²) in [6.07, 6.45) is 5.27. The van der Waals surface area contributed by atoms with E-state index in [1.54, 1.807) is 13.0 Å². The maximum atomic E-state index is 12.0. The van der Waals surface area contributed by atoms with Gasteiger partial charge in [0.25, 0.3) is 0 Å². The number of rotatable bonds is 6. The number of carbonyl (C=O) groups is 2. The highest BCUT2D eigenvalue weighted by Gasteiger charge is 2.22. The topological polar surface area (TPSA) is 79.5 Å². The van der Waals surface area contributed by atoms with E-state index in [9.17, 15) is 9.59 Å². The van der Waals surface area contributed by atoms with Crippen LogP contribution >= 0.6 is 0 Å². The third-order valence-corrected chi connectivity index (χ3v) is 4.13. The van der Waals surface area contributed by atoms with Gasteiger partial charge in [-0.3, -0.25) is 9.59 Å². The fraction of sp³-hybridized carbons (Fsp3) is 0.625. The Kier molecular flexibility index (Phi) is 5.17. The molecule has 0 saturated heterocycles. The molecule has 1 amide bonds. The molecule has 1 aromatic rings. The molecule has 2 rings (SSSR count). The number of amides is 1. The summed E-state index contributed by atoms with van der Waals surface area (Å²) in [6, 6.07) is 1.33. The van der Waals surface area contributed by atoms with Crippen LogP contribution in [0, 0.1) is 12.8 Å². The van der Waals surface area contributed by atoms with Crippen LogP contribution in [-0.2, 0) is 4.79 Å². The van der Waals surface area contributed by atoms with Crippen molar-refractivity contribution in [1.82, 2.24) is 5.32 Å². The molecule has 5 heteroatoms. The summed E-state index contributed by atoms with van der Waals surface area (Å²) in [5.74, 6) is 1.18. The van der Waals surface area contributed by atoms with E-state index in [1.807, 2.05) is 6.92 Å². The van der Waals surface area contributed by atoms with E-state index in [0.717, 1.165) is 12.8 Å². The first kappa shape index (κ1) is 15.8. The Morgan fingerprint density at radius 2 is 2.10 bits per heavy atom. The maximum Gasteiger partial charge on any atom is 0.220 e. The van der Waals surface area contributed by atoms with Gasteiger partial charge in [0, 0.05) is 6.42 Å². The van der Waals surface area contributed by atoms with E-state index in [-0.39, 0.29) is 17.7 Å². The second-order valence-electron chi connectivity index (χ2n) is 5.84. The first-order valence-electron chi connectivity index (χ1n) is 7.55. The Morgan fingerprint density at radius 1 is 1.43 bits per heavy atom. The number of aryl methyl sites for hydroxylation is 1. The molecule has 0 bridgehead atoms. The number of aliphatic hydroxyl groups is 1. The molecule has 21 heavy (non-hydrogen) atoms. The summed E-state index contributed by atoms with van der Waals surface area (Å²) in [4.78, 5) is 23.5. The van der Waals surface area contributed by atoms with Crippen LogP contribution in [0.25, 0.3) is 0 Å². The summed E-state index contributed by atoms with van der Waals surface area (Å²) in [5, 5.41) is 11.8. The zero-order chi connectivity index (χ0) is 15.4. The number of carbonyl (C=O) groups excluding carboxylic acids is 2. The van der Waals surface area contributed by atoms with Crippen molar-refractivity contribution in [2.24, 2.45) is 5.92 Å². The van der Waals surface area contributed by atoms with E-state index in [1.165, 1.54) is 12.8 Å². The van der Waals surface area contributed by atoms with Crippen molar-refractivity contribution in [3.63, 3.8) is 0 Å². The van der Waals surface area contributed by atoms with Crippen molar-refractivity contribution in [3.8, 4) is 0 Å². The zero-order valence-electron chi connectivity index (χ0n) is 12.6. The van der Waals surface area contributed by atoms with Crippen LogP contribution in [0.15, 0.2) is 10.5 Å². The van der Waals surface area contributed by atoms with Crippen LogP contribution < -0.4 is 5.32 Å². The van der Waals surface area contributed by atoms with Gasteiger partial charge in [-0.15, -0.1) is 0 Å². The third-order valence-electron chi connectivity index (χ3n) is 4.13. The SMILES string of the molecule is Cc1oc([C@H](C)NC(=O)CC2CCCC2)cc1C(=O)CO. The van der Waals surface area contributed by atoms with Crippen molar-refractivity contribution >= 4 is 11.7 Å². The molecule has 5 nitrogen and oxygen atoms in total. The first-order valence-corrected chi connectivity index (χ1v) is 7.55. The van der Waals surface area contributed by atoms with E-state index >= 15 is 0 Å². The lowest BCUT2D eigenvalue weighted by Gasteiger charge is -2.13. The Hall–Kier alpha value is -1.62. The van der Waals surface area contributed by atoms with Crippen molar-refractivity contribution in [1.29, 1.82) is 0 Å². The second-order valence-corrected chi connectivity index (χ2v) is 5.84. The lowest BCUT2D eigenvalue weighted by atomic mass is 10.0. The van der Waals surface area contributed by atoms with Gasteiger partial charge in [0.15, 0.2) is 5.78 Å². The smallest absolute Gasteiger partial charge is 0.220 e. The molecule has 0 radical (unpaired) electrons. The zero-order valence-corrected chi connectivity index (χ0v) is 12.6. The predicted octanol–water partition coefficient (Wildman–Crippen LogP) is 2.52. The minimum atomic E-state index is -0.539. The highest BCUT2D eigenvalue weighted by atomic mass is 16.3. The minimum Gasteiger partial charge on any atom is -0.463 e.